The van der Waals surface area contributed by atoms with Gasteiger partial charge in [0.05, 0.1) is 9.92 Å². The van der Waals surface area contributed by atoms with E-state index in [4.69, 9.17) is 11.6 Å². The summed E-state index contributed by atoms with van der Waals surface area (Å²) >= 11 is 6.20. The van der Waals surface area contributed by atoms with Crippen molar-refractivity contribution in [3.8, 4) is 0 Å². The molecule has 2 rings (SSSR count). The maximum Gasteiger partial charge on any atom is 0.401 e. The molecule has 2 aromatic rings. The van der Waals surface area contributed by atoms with Gasteiger partial charge in [0.25, 0.3) is 0 Å². The van der Waals surface area contributed by atoms with Crippen molar-refractivity contribution in [2.75, 3.05) is 0 Å². The normalized spacial score (nSPS) is 13.0. The second-order valence-electron chi connectivity index (χ2n) is 9.11. The molecule has 28 heavy (non-hydrogen) atoms. The van der Waals surface area contributed by atoms with Gasteiger partial charge in [-0.05, 0) is 33.9 Å². The summed E-state index contributed by atoms with van der Waals surface area (Å²) in [6, 6.07) is 4.71. The molecule has 7 nitrogen and oxygen atoms in total. The van der Waals surface area contributed by atoms with E-state index in [0.717, 1.165) is 0 Å². The molecule has 154 valence electrons. The van der Waals surface area contributed by atoms with E-state index in [1.807, 2.05) is 41.5 Å². The number of hydrogen-bond donors (Lipinski definition) is 0. The zero-order valence-electron chi connectivity index (χ0n) is 17.2. The molecule has 0 amide bonds. The number of benzene rings is 1. The molecule has 0 unspecified atom stereocenters. The van der Waals surface area contributed by atoms with E-state index in [9.17, 15) is 18.5 Å². The lowest BCUT2D eigenvalue weighted by Crippen LogP contribution is -2.26. The first kappa shape index (κ1) is 22.4. The van der Waals surface area contributed by atoms with Crippen LogP contribution in [-0.4, -0.2) is 22.9 Å². The van der Waals surface area contributed by atoms with Crippen molar-refractivity contribution >= 4 is 27.3 Å². The molecule has 0 spiro atoms. The molecule has 0 aliphatic carbocycles. The second-order valence-corrected chi connectivity index (χ2v) is 11.3. The van der Waals surface area contributed by atoms with Crippen LogP contribution in [0.4, 0.5) is 5.82 Å². The van der Waals surface area contributed by atoms with Gasteiger partial charge in [0, 0.05) is 12.0 Å². The van der Waals surface area contributed by atoms with Gasteiger partial charge in [0.15, 0.2) is 0 Å². The van der Waals surface area contributed by atoms with Crippen molar-refractivity contribution < 1.29 is 13.3 Å². The molecule has 0 radical (unpaired) electrons. The van der Waals surface area contributed by atoms with Crippen LogP contribution in [0.5, 0.6) is 0 Å². The second kappa shape index (κ2) is 7.15. The van der Waals surface area contributed by atoms with Gasteiger partial charge in [-0.2, -0.15) is 0 Å². The van der Waals surface area contributed by atoms with Gasteiger partial charge >= 0.3 is 5.82 Å². The highest BCUT2D eigenvalue weighted by Crippen LogP contribution is 2.39. The van der Waals surface area contributed by atoms with Crippen LogP contribution >= 0.6 is 11.6 Å². The Morgan fingerprint density at radius 2 is 1.75 bits per heavy atom. The van der Waals surface area contributed by atoms with Gasteiger partial charge in [-0.15, -0.1) is 0 Å². The molecule has 9 heteroatoms. The number of halogens is 1. The van der Waals surface area contributed by atoms with Crippen LogP contribution in [0.2, 0.25) is 5.02 Å². The first-order valence-corrected chi connectivity index (χ1v) is 10.7. The lowest BCUT2D eigenvalue weighted by molar-refractivity contribution is -0.392. The van der Waals surface area contributed by atoms with E-state index in [0.29, 0.717) is 11.4 Å². The molecule has 0 aliphatic rings. The number of hydrogen-bond acceptors (Lipinski definition) is 5. The summed E-state index contributed by atoms with van der Waals surface area (Å²) in [7, 11) is -4.29. The molecule has 0 fully saturated rings. The van der Waals surface area contributed by atoms with Crippen molar-refractivity contribution in [2.45, 2.75) is 70.3 Å². The maximum atomic E-state index is 13.6. The Kier molecular flexibility index (Phi) is 5.71. The van der Waals surface area contributed by atoms with E-state index >= 15 is 0 Å². The van der Waals surface area contributed by atoms with Crippen molar-refractivity contribution in [3.63, 3.8) is 0 Å². The summed E-state index contributed by atoms with van der Waals surface area (Å²) in [5.74, 6) is -0.328. The molecule has 1 heterocycles. The van der Waals surface area contributed by atoms with Gasteiger partial charge in [0.1, 0.15) is 0 Å². The zero-order chi connectivity index (χ0) is 21.7. The standard InChI is InChI=1S/C19H26ClN3O4S/c1-12-9-8-10-13(20)14(12)28(26,27)16-15(23(24)25)21-17(19(5,6)7)22(16)11-18(2,3)4/h8-10H,11H2,1-7H3. The van der Waals surface area contributed by atoms with Gasteiger partial charge in [0.2, 0.25) is 20.7 Å². The molecule has 1 aromatic carbocycles. The summed E-state index contributed by atoms with van der Waals surface area (Å²) in [5, 5.41) is 11.4. The summed E-state index contributed by atoms with van der Waals surface area (Å²) in [4.78, 5) is 15.0. The smallest absolute Gasteiger partial charge is 0.358 e. The number of nitro groups is 1. The van der Waals surface area contributed by atoms with Crippen molar-refractivity contribution in [1.29, 1.82) is 0 Å². The summed E-state index contributed by atoms with van der Waals surface area (Å²) in [6.07, 6.45) is 0. The third kappa shape index (κ3) is 4.22. The molecule has 0 saturated carbocycles. The first-order valence-electron chi connectivity index (χ1n) is 8.83. The van der Waals surface area contributed by atoms with E-state index in [-0.39, 0.29) is 21.9 Å². The molecule has 0 aliphatic heterocycles. The highest BCUT2D eigenvalue weighted by molar-refractivity contribution is 7.91. The Morgan fingerprint density at radius 1 is 1.18 bits per heavy atom. The Bertz CT molecular complexity index is 1010. The fourth-order valence-corrected chi connectivity index (χ4v) is 5.40. The summed E-state index contributed by atoms with van der Waals surface area (Å²) < 4.78 is 28.7. The molecular weight excluding hydrogens is 402 g/mol. The van der Waals surface area contributed by atoms with Crippen LogP contribution in [0.15, 0.2) is 28.1 Å². The Labute approximate surface area is 170 Å². The minimum atomic E-state index is -4.29. The third-order valence-electron chi connectivity index (χ3n) is 4.07. The van der Waals surface area contributed by atoms with Gasteiger partial charge in [-0.25, -0.2) is 8.42 Å². The SMILES string of the molecule is Cc1cccc(Cl)c1S(=O)(=O)c1c([N+](=O)[O-])nc(C(C)(C)C)n1CC(C)(C)C. The maximum absolute atomic E-state index is 13.6. The molecule has 0 bridgehead atoms. The predicted molar refractivity (Wildman–Crippen MR) is 109 cm³/mol. The highest BCUT2D eigenvalue weighted by Gasteiger charge is 2.42. The largest absolute Gasteiger partial charge is 0.401 e. The average Bonchev–Trinajstić information content (AvgIpc) is 2.84. The van der Waals surface area contributed by atoms with Crippen LogP contribution in [0, 0.1) is 22.5 Å². The Balaban J connectivity index is 3.00. The van der Waals surface area contributed by atoms with Crippen LogP contribution in [0.1, 0.15) is 52.9 Å². The lowest BCUT2D eigenvalue weighted by atomic mass is 9.93. The van der Waals surface area contributed by atoms with Crippen molar-refractivity contribution in [3.05, 3.63) is 44.7 Å². The van der Waals surface area contributed by atoms with E-state index in [1.54, 1.807) is 19.1 Å². The number of aromatic nitrogens is 2. The van der Waals surface area contributed by atoms with Gasteiger partial charge in [-0.3, -0.25) is 4.57 Å². The van der Waals surface area contributed by atoms with Gasteiger partial charge in [-0.1, -0.05) is 65.3 Å². The molecule has 0 atom stereocenters. The van der Waals surface area contributed by atoms with Crippen molar-refractivity contribution in [2.24, 2.45) is 5.41 Å². The van der Waals surface area contributed by atoms with E-state index < -0.39 is 31.0 Å². The highest BCUT2D eigenvalue weighted by atomic mass is 35.5. The van der Waals surface area contributed by atoms with Crippen LogP contribution in [0.25, 0.3) is 0 Å². The first-order chi connectivity index (χ1) is 12.6. The number of sulfone groups is 1. The Hall–Kier alpha value is -1.93. The van der Waals surface area contributed by atoms with E-state index in [1.165, 1.54) is 10.6 Å². The van der Waals surface area contributed by atoms with Gasteiger partial charge < -0.3 is 10.1 Å². The monoisotopic (exact) mass is 427 g/mol. The minimum Gasteiger partial charge on any atom is -0.358 e. The van der Waals surface area contributed by atoms with Crippen molar-refractivity contribution in [1.82, 2.24) is 9.55 Å². The van der Waals surface area contributed by atoms with Crippen LogP contribution < -0.4 is 0 Å². The quantitative estimate of drug-likeness (QED) is 0.509. The fraction of sp³-hybridized carbons (Fsp3) is 0.526. The molecule has 0 saturated heterocycles. The number of aryl methyl sites for hydroxylation is 1. The number of rotatable bonds is 4. The number of nitrogens with zero attached hydrogens (tertiary/aromatic N) is 3. The average molecular weight is 428 g/mol. The molecular formula is C19H26ClN3O4S. The van der Waals surface area contributed by atoms with Crippen LogP contribution in [-0.2, 0) is 21.8 Å². The predicted octanol–water partition coefficient (Wildman–Crippen LogP) is 4.93. The third-order valence-corrected chi connectivity index (χ3v) is 6.49. The minimum absolute atomic E-state index is 0.0233. The Morgan fingerprint density at radius 3 is 2.18 bits per heavy atom. The summed E-state index contributed by atoms with van der Waals surface area (Å²) in [5.41, 5.74) is -0.518. The fourth-order valence-electron chi connectivity index (χ4n) is 3.06. The zero-order valence-corrected chi connectivity index (χ0v) is 18.8. The van der Waals surface area contributed by atoms with Crippen LogP contribution in [0.3, 0.4) is 0 Å². The van der Waals surface area contributed by atoms with E-state index in [2.05, 4.69) is 4.98 Å². The number of imidazole rings is 1. The molecule has 1 aromatic heterocycles. The molecule has 0 N–H and O–H groups in total. The topological polar surface area (TPSA) is 95.1 Å². The summed E-state index contributed by atoms with van der Waals surface area (Å²) in [6.45, 7) is 13.2. The lowest BCUT2D eigenvalue weighted by Gasteiger charge is -2.24.